The molecule has 0 saturated heterocycles. The summed E-state index contributed by atoms with van der Waals surface area (Å²) in [5.74, 6) is 0.771. The van der Waals surface area contributed by atoms with Crippen molar-refractivity contribution in [1.82, 2.24) is 9.88 Å². The first-order valence-electron chi connectivity index (χ1n) is 7.78. The molecule has 0 aliphatic carbocycles. The number of hydrogen-bond acceptors (Lipinski definition) is 2. The average molecular weight is 279 g/mol. The molecule has 1 rings (SSSR count). The van der Waals surface area contributed by atoms with E-state index in [0.29, 0.717) is 11.4 Å². The van der Waals surface area contributed by atoms with Gasteiger partial charge in [-0.05, 0) is 25.3 Å². The number of nitrogens with one attached hydrogen (secondary N) is 1. The molecule has 3 N–H and O–H groups in total. The second-order valence-electron chi connectivity index (χ2n) is 5.80. The van der Waals surface area contributed by atoms with Crippen LogP contribution in [-0.2, 0) is 6.54 Å². The molecule has 0 saturated carbocycles. The van der Waals surface area contributed by atoms with Gasteiger partial charge in [-0.2, -0.15) is 0 Å². The summed E-state index contributed by atoms with van der Waals surface area (Å²) in [4.78, 5) is 12.0. The van der Waals surface area contributed by atoms with Gasteiger partial charge in [0.05, 0.1) is 5.69 Å². The second kappa shape index (κ2) is 8.67. The van der Waals surface area contributed by atoms with Crippen LogP contribution in [0.1, 0.15) is 63.4 Å². The summed E-state index contributed by atoms with van der Waals surface area (Å²) in [7, 11) is 0. The monoisotopic (exact) mass is 279 g/mol. The lowest BCUT2D eigenvalue weighted by Crippen LogP contribution is -2.26. The van der Waals surface area contributed by atoms with Crippen molar-refractivity contribution in [3.8, 4) is 0 Å². The SMILES string of the molecule is CCn1cc(N)cc1C(=O)NCCCCCCC(C)C. The lowest BCUT2D eigenvalue weighted by atomic mass is 10.0. The third-order valence-corrected chi connectivity index (χ3v) is 3.48. The van der Waals surface area contributed by atoms with Crippen LogP contribution in [-0.4, -0.2) is 17.0 Å². The maximum atomic E-state index is 12.0. The Bertz CT molecular complexity index is 410. The normalized spacial score (nSPS) is 11.0. The zero-order valence-corrected chi connectivity index (χ0v) is 13.1. The molecular weight excluding hydrogens is 250 g/mol. The number of aryl methyl sites for hydroxylation is 1. The van der Waals surface area contributed by atoms with E-state index in [1.165, 1.54) is 25.7 Å². The molecule has 20 heavy (non-hydrogen) atoms. The Balaban J connectivity index is 2.20. The van der Waals surface area contributed by atoms with Gasteiger partial charge in [0, 0.05) is 19.3 Å². The van der Waals surface area contributed by atoms with Crippen molar-refractivity contribution < 1.29 is 4.79 Å². The van der Waals surface area contributed by atoms with Gasteiger partial charge in [0.15, 0.2) is 0 Å². The Morgan fingerprint density at radius 1 is 1.30 bits per heavy atom. The highest BCUT2D eigenvalue weighted by Crippen LogP contribution is 2.11. The molecule has 1 amide bonds. The number of anilines is 1. The maximum Gasteiger partial charge on any atom is 0.267 e. The number of rotatable bonds is 9. The fourth-order valence-corrected chi connectivity index (χ4v) is 2.31. The van der Waals surface area contributed by atoms with Gasteiger partial charge in [-0.3, -0.25) is 4.79 Å². The van der Waals surface area contributed by atoms with Crippen LogP contribution in [0.3, 0.4) is 0 Å². The summed E-state index contributed by atoms with van der Waals surface area (Å²) in [5, 5.41) is 2.97. The molecule has 0 aromatic carbocycles. The zero-order chi connectivity index (χ0) is 15.0. The Labute approximate surface area is 122 Å². The number of hydrogen-bond donors (Lipinski definition) is 2. The van der Waals surface area contributed by atoms with Crippen molar-refractivity contribution in [1.29, 1.82) is 0 Å². The molecule has 4 nitrogen and oxygen atoms in total. The van der Waals surface area contributed by atoms with E-state index >= 15 is 0 Å². The highest BCUT2D eigenvalue weighted by atomic mass is 16.1. The molecule has 114 valence electrons. The number of carbonyl (C=O) groups excluding carboxylic acids is 1. The average Bonchev–Trinajstić information content (AvgIpc) is 2.78. The third-order valence-electron chi connectivity index (χ3n) is 3.48. The number of aromatic nitrogens is 1. The number of unbranched alkanes of at least 4 members (excludes halogenated alkanes) is 3. The first-order chi connectivity index (χ1) is 9.54. The van der Waals surface area contributed by atoms with Crippen LogP contribution in [0.4, 0.5) is 5.69 Å². The zero-order valence-electron chi connectivity index (χ0n) is 13.1. The predicted octanol–water partition coefficient (Wildman–Crippen LogP) is 3.43. The predicted molar refractivity (Wildman–Crippen MR) is 84.8 cm³/mol. The summed E-state index contributed by atoms with van der Waals surface area (Å²) in [6.07, 6.45) is 7.89. The first kappa shape index (κ1) is 16.6. The lowest BCUT2D eigenvalue weighted by molar-refractivity contribution is 0.0944. The highest BCUT2D eigenvalue weighted by Gasteiger charge is 2.11. The molecule has 1 aromatic rings. The summed E-state index contributed by atoms with van der Waals surface area (Å²) >= 11 is 0. The minimum Gasteiger partial charge on any atom is -0.397 e. The summed E-state index contributed by atoms with van der Waals surface area (Å²) in [6, 6.07) is 1.74. The van der Waals surface area contributed by atoms with E-state index < -0.39 is 0 Å². The Morgan fingerprint density at radius 3 is 2.65 bits per heavy atom. The van der Waals surface area contributed by atoms with Crippen molar-refractivity contribution in [2.75, 3.05) is 12.3 Å². The van der Waals surface area contributed by atoms with E-state index in [-0.39, 0.29) is 5.91 Å². The van der Waals surface area contributed by atoms with Crippen LogP contribution >= 0.6 is 0 Å². The van der Waals surface area contributed by atoms with Gasteiger partial charge in [-0.1, -0.05) is 39.5 Å². The first-order valence-corrected chi connectivity index (χ1v) is 7.78. The number of carbonyl (C=O) groups is 1. The molecule has 0 aliphatic heterocycles. The summed E-state index contributed by atoms with van der Waals surface area (Å²) in [6.45, 7) is 8.03. The Hall–Kier alpha value is -1.45. The van der Waals surface area contributed by atoms with Crippen LogP contribution in [0, 0.1) is 5.92 Å². The number of amides is 1. The van der Waals surface area contributed by atoms with Crippen LogP contribution in [0.2, 0.25) is 0 Å². The molecule has 1 aromatic heterocycles. The van der Waals surface area contributed by atoms with Crippen molar-refractivity contribution >= 4 is 11.6 Å². The molecule has 0 fully saturated rings. The van der Waals surface area contributed by atoms with Crippen LogP contribution in [0.5, 0.6) is 0 Å². The van der Waals surface area contributed by atoms with Gasteiger partial charge < -0.3 is 15.6 Å². The fraction of sp³-hybridized carbons (Fsp3) is 0.688. The molecule has 0 unspecified atom stereocenters. The van der Waals surface area contributed by atoms with Crippen molar-refractivity contribution in [3.05, 3.63) is 18.0 Å². The van der Waals surface area contributed by atoms with Crippen molar-refractivity contribution in [2.45, 2.75) is 59.4 Å². The Kier molecular flexibility index (Phi) is 7.20. The van der Waals surface area contributed by atoms with E-state index in [1.54, 1.807) is 12.3 Å². The summed E-state index contributed by atoms with van der Waals surface area (Å²) in [5.41, 5.74) is 7.03. The minimum atomic E-state index is -0.0225. The van der Waals surface area contributed by atoms with E-state index in [9.17, 15) is 4.79 Å². The molecule has 0 radical (unpaired) electrons. The van der Waals surface area contributed by atoms with Crippen molar-refractivity contribution in [2.24, 2.45) is 5.92 Å². The molecule has 0 aliphatic rings. The smallest absolute Gasteiger partial charge is 0.267 e. The second-order valence-corrected chi connectivity index (χ2v) is 5.80. The number of nitrogens with two attached hydrogens (primary N) is 1. The fourth-order valence-electron chi connectivity index (χ4n) is 2.31. The maximum absolute atomic E-state index is 12.0. The van der Waals surface area contributed by atoms with Gasteiger partial charge >= 0.3 is 0 Å². The lowest BCUT2D eigenvalue weighted by Gasteiger charge is -2.08. The van der Waals surface area contributed by atoms with E-state index in [2.05, 4.69) is 19.2 Å². The number of nitrogen functional groups attached to an aromatic ring is 1. The summed E-state index contributed by atoms with van der Waals surface area (Å²) < 4.78 is 1.88. The molecule has 1 heterocycles. The van der Waals surface area contributed by atoms with Gasteiger partial charge in [-0.15, -0.1) is 0 Å². The molecular formula is C16H29N3O. The molecule has 4 heteroatoms. The molecule has 0 bridgehead atoms. The van der Waals surface area contributed by atoms with Crippen LogP contribution in [0.25, 0.3) is 0 Å². The Morgan fingerprint density at radius 2 is 2.00 bits per heavy atom. The standard InChI is InChI=1S/C16H29N3O/c1-4-19-12-14(17)11-15(19)16(20)18-10-8-6-5-7-9-13(2)3/h11-13H,4-10,17H2,1-3H3,(H,18,20). The van der Waals surface area contributed by atoms with Crippen LogP contribution < -0.4 is 11.1 Å². The van der Waals surface area contributed by atoms with E-state index in [1.807, 2.05) is 11.5 Å². The molecule has 0 spiro atoms. The van der Waals surface area contributed by atoms with Crippen molar-refractivity contribution in [3.63, 3.8) is 0 Å². The van der Waals surface area contributed by atoms with Crippen LogP contribution in [0.15, 0.2) is 12.3 Å². The third kappa shape index (κ3) is 5.68. The minimum absolute atomic E-state index is 0.0225. The quantitative estimate of drug-likeness (QED) is 0.680. The van der Waals surface area contributed by atoms with Gasteiger partial charge in [0.1, 0.15) is 5.69 Å². The van der Waals surface area contributed by atoms with E-state index in [0.717, 1.165) is 25.4 Å². The topological polar surface area (TPSA) is 60.0 Å². The van der Waals surface area contributed by atoms with E-state index in [4.69, 9.17) is 5.73 Å². The van der Waals surface area contributed by atoms with Gasteiger partial charge in [-0.25, -0.2) is 0 Å². The largest absolute Gasteiger partial charge is 0.397 e. The number of nitrogens with zero attached hydrogens (tertiary/aromatic N) is 1. The van der Waals surface area contributed by atoms with Gasteiger partial charge in [0.25, 0.3) is 5.91 Å². The van der Waals surface area contributed by atoms with Gasteiger partial charge in [0.2, 0.25) is 0 Å². The molecule has 0 atom stereocenters. The highest BCUT2D eigenvalue weighted by molar-refractivity contribution is 5.93.